The van der Waals surface area contributed by atoms with Crippen LogP contribution in [0, 0.1) is 0 Å². The number of aromatic nitrogens is 3. The van der Waals surface area contributed by atoms with Gasteiger partial charge in [-0.05, 0) is 12.8 Å². The van der Waals surface area contributed by atoms with Gasteiger partial charge < -0.3 is 30.1 Å². The molecule has 0 aliphatic rings. The highest BCUT2D eigenvalue weighted by Gasteiger charge is 2.36. The summed E-state index contributed by atoms with van der Waals surface area (Å²) in [6, 6.07) is 0.824. The summed E-state index contributed by atoms with van der Waals surface area (Å²) in [6.07, 6.45) is 4.15. The van der Waals surface area contributed by atoms with Crippen LogP contribution in [-0.2, 0) is 13.3 Å². The molecule has 1 aromatic heterocycles. The van der Waals surface area contributed by atoms with Gasteiger partial charge >= 0.3 is 8.80 Å². The third-order valence-electron chi connectivity index (χ3n) is 3.30. The van der Waals surface area contributed by atoms with Gasteiger partial charge in [0.1, 0.15) is 0 Å². The van der Waals surface area contributed by atoms with Gasteiger partial charge in [0.15, 0.2) is 0 Å². The molecule has 0 amide bonds. The predicted octanol–water partition coefficient (Wildman–Crippen LogP) is 0.886. The first-order valence-corrected chi connectivity index (χ1v) is 9.15. The van der Waals surface area contributed by atoms with Crippen molar-refractivity contribution in [3.63, 3.8) is 0 Å². The predicted molar refractivity (Wildman–Crippen MR) is 87.2 cm³/mol. The van der Waals surface area contributed by atoms with Crippen LogP contribution in [0.5, 0.6) is 0 Å². The lowest BCUT2D eigenvalue weighted by Crippen LogP contribution is -2.42. The van der Waals surface area contributed by atoms with Gasteiger partial charge in [-0.2, -0.15) is 15.0 Å². The molecule has 5 N–H and O–H groups in total. The summed E-state index contributed by atoms with van der Waals surface area (Å²) < 4.78 is 16.1. The molecular weight excluding hydrogens is 304 g/mol. The molecule has 0 aliphatic heterocycles. The monoisotopic (exact) mass is 330 g/mol. The quantitative estimate of drug-likeness (QED) is 0.400. The summed E-state index contributed by atoms with van der Waals surface area (Å²) in [6.45, 7) is 0.754. The molecule has 0 aromatic carbocycles. The number of unbranched alkanes of at least 4 members (excludes halogenated alkanes) is 3. The lowest BCUT2D eigenvalue weighted by Gasteiger charge is -2.24. The fraction of sp³-hybridized carbons (Fsp3) is 0.750. The molecule has 0 bridgehead atoms. The number of rotatable bonds is 11. The zero-order chi connectivity index (χ0) is 16.4. The fourth-order valence-corrected chi connectivity index (χ4v) is 3.86. The summed E-state index contributed by atoms with van der Waals surface area (Å²) in [7, 11) is 2.48. The topological polar surface area (TPSA) is 130 Å². The number of nitrogen functional groups attached to an aromatic ring is 2. The minimum atomic E-state index is -2.42. The molecule has 9 nitrogen and oxygen atoms in total. The van der Waals surface area contributed by atoms with Crippen molar-refractivity contribution in [2.45, 2.75) is 31.7 Å². The molecule has 1 rings (SSSR count). The first-order chi connectivity index (χ1) is 10.5. The van der Waals surface area contributed by atoms with Crippen LogP contribution in [0.25, 0.3) is 0 Å². The van der Waals surface area contributed by atoms with Gasteiger partial charge in [0.25, 0.3) is 0 Å². The molecule has 0 unspecified atom stereocenters. The van der Waals surface area contributed by atoms with E-state index in [9.17, 15) is 0 Å². The summed E-state index contributed by atoms with van der Waals surface area (Å²) in [5.41, 5.74) is 11.0. The minimum absolute atomic E-state index is 0.120. The molecule has 0 radical (unpaired) electrons. The molecule has 22 heavy (non-hydrogen) atoms. The van der Waals surface area contributed by atoms with Crippen LogP contribution >= 0.6 is 0 Å². The van der Waals surface area contributed by atoms with E-state index in [1.807, 2.05) is 0 Å². The first-order valence-electron chi connectivity index (χ1n) is 7.21. The van der Waals surface area contributed by atoms with E-state index in [4.69, 9.17) is 24.7 Å². The summed E-state index contributed by atoms with van der Waals surface area (Å²) >= 11 is 0. The maximum absolute atomic E-state index is 5.50. The Kier molecular flexibility index (Phi) is 8.02. The normalized spacial score (nSPS) is 11.6. The zero-order valence-corrected chi connectivity index (χ0v) is 14.5. The van der Waals surface area contributed by atoms with Crippen LogP contribution in [0.15, 0.2) is 0 Å². The molecule has 1 heterocycles. The number of nitrogens with zero attached hydrogens (tertiary/aromatic N) is 3. The molecular formula is C12H26N6O3Si. The molecule has 0 atom stereocenters. The minimum Gasteiger partial charge on any atom is -0.377 e. The molecule has 0 saturated heterocycles. The van der Waals surface area contributed by atoms with Crippen LogP contribution in [0.1, 0.15) is 25.7 Å². The Labute approximate surface area is 132 Å². The van der Waals surface area contributed by atoms with Crippen molar-refractivity contribution >= 4 is 26.6 Å². The van der Waals surface area contributed by atoms with Gasteiger partial charge in [0.05, 0.1) is 0 Å². The van der Waals surface area contributed by atoms with Crippen molar-refractivity contribution in [2.24, 2.45) is 0 Å². The third kappa shape index (κ3) is 6.09. The van der Waals surface area contributed by atoms with Crippen molar-refractivity contribution in [3.8, 4) is 0 Å². The first kappa shape index (κ1) is 18.6. The highest BCUT2D eigenvalue weighted by atomic mass is 28.4. The van der Waals surface area contributed by atoms with E-state index in [1.54, 1.807) is 21.3 Å². The van der Waals surface area contributed by atoms with Gasteiger partial charge in [-0.1, -0.05) is 12.8 Å². The highest BCUT2D eigenvalue weighted by molar-refractivity contribution is 6.60. The number of nitrogens with one attached hydrogen (secondary N) is 1. The Balaban J connectivity index is 2.15. The SMILES string of the molecule is CO[Si](CCCCCCNc1nc(N)nc(N)n1)(OC)OC. The number of anilines is 3. The third-order valence-corrected chi connectivity index (χ3v) is 6.13. The zero-order valence-electron chi connectivity index (χ0n) is 13.5. The summed E-state index contributed by atoms with van der Waals surface area (Å²) in [5, 5.41) is 3.08. The Morgan fingerprint density at radius 1 is 0.864 bits per heavy atom. The largest absolute Gasteiger partial charge is 0.500 e. The van der Waals surface area contributed by atoms with Crippen molar-refractivity contribution in [1.29, 1.82) is 0 Å². The molecule has 0 spiro atoms. The standard InChI is InChI=1S/C12H26N6O3Si/c1-19-22(20-2,21-3)9-7-5-4-6-8-15-12-17-10(13)16-11(14)18-12/h4-9H2,1-3H3,(H5,13,14,15,16,17,18). The maximum atomic E-state index is 5.50. The van der Waals surface area contributed by atoms with Gasteiger partial charge in [-0.3, -0.25) is 0 Å². The summed E-state index contributed by atoms with van der Waals surface area (Å²) in [5.74, 6) is 0.652. The van der Waals surface area contributed by atoms with Gasteiger partial charge in [0.2, 0.25) is 17.8 Å². The van der Waals surface area contributed by atoms with Crippen LogP contribution in [0.3, 0.4) is 0 Å². The molecule has 0 fully saturated rings. The van der Waals surface area contributed by atoms with E-state index in [2.05, 4.69) is 20.3 Å². The Morgan fingerprint density at radius 3 is 1.95 bits per heavy atom. The van der Waals surface area contributed by atoms with Crippen molar-refractivity contribution < 1.29 is 13.3 Å². The van der Waals surface area contributed by atoms with E-state index < -0.39 is 8.80 Å². The molecule has 0 saturated carbocycles. The number of hydrogen-bond acceptors (Lipinski definition) is 9. The Bertz CT molecular complexity index is 418. The van der Waals surface area contributed by atoms with E-state index in [0.717, 1.165) is 38.3 Å². The fourth-order valence-electron chi connectivity index (χ4n) is 2.06. The van der Waals surface area contributed by atoms with Crippen LogP contribution in [0.4, 0.5) is 17.8 Å². The second kappa shape index (κ2) is 9.51. The van der Waals surface area contributed by atoms with Gasteiger partial charge in [-0.25, -0.2) is 0 Å². The number of hydrogen-bond donors (Lipinski definition) is 3. The maximum Gasteiger partial charge on any atom is 0.500 e. The lowest BCUT2D eigenvalue weighted by atomic mass is 10.2. The second-order valence-corrected chi connectivity index (χ2v) is 7.85. The molecule has 126 valence electrons. The van der Waals surface area contributed by atoms with Gasteiger partial charge in [-0.15, -0.1) is 0 Å². The Morgan fingerprint density at radius 2 is 1.41 bits per heavy atom. The van der Waals surface area contributed by atoms with Crippen molar-refractivity contribution in [2.75, 3.05) is 44.7 Å². The van der Waals surface area contributed by atoms with Crippen molar-refractivity contribution in [3.05, 3.63) is 0 Å². The number of nitrogens with two attached hydrogens (primary N) is 2. The van der Waals surface area contributed by atoms with E-state index >= 15 is 0 Å². The lowest BCUT2D eigenvalue weighted by molar-refractivity contribution is 0.122. The van der Waals surface area contributed by atoms with Crippen LogP contribution in [0.2, 0.25) is 6.04 Å². The van der Waals surface area contributed by atoms with Crippen molar-refractivity contribution in [1.82, 2.24) is 15.0 Å². The van der Waals surface area contributed by atoms with Crippen LogP contribution < -0.4 is 16.8 Å². The van der Waals surface area contributed by atoms with Crippen LogP contribution in [-0.4, -0.2) is 51.6 Å². The van der Waals surface area contributed by atoms with E-state index in [1.165, 1.54) is 0 Å². The molecule has 10 heteroatoms. The average molecular weight is 330 g/mol. The second-order valence-electron chi connectivity index (χ2n) is 4.76. The Hall–Kier alpha value is -1.49. The molecule has 1 aromatic rings. The molecule has 0 aliphatic carbocycles. The van der Waals surface area contributed by atoms with E-state index in [0.29, 0.717) is 5.95 Å². The summed E-state index contributed by atoms with van der Waals surface area (Å²) in [4.78, 5) is 11.6. The van der Waals surface area contributed by atoms with Gasteiger partial charge in [0, 0.05) is 33.9 Å². The highest BCUT2D eigenvalue weighted by Crippen LogP contribution is 2.17. The average Bonchev–Trinajstić information content (AvgIpc) is 2.50. The van der Waals surface area contributed by atoms with E-state index in [-0.39, 0.29) is 11.9 Å². The smallest absolute Gasteiger partial charge is 0.377 e.